The minimum Gasteiger partial charge on any atom is -0.348 e. The van der Waals surface area contributed by atoms with Crippen molar-refractivity contribution in [3.05, 3.63) is 59.4 Å². The molecular weight excluding hydrogens is 376 g/mol. The van der Waals surface area contributed by atoms with E-state index >= 15 is 0 Å². The molecule has 4 rings (SSSR count). The summed E-state index contributed by atoms with van der Waals surface area (Å²) in [5, 5.41) is 3.01. The smallest absolute Gasteiger partial charge is 0.270 e. The molecule has 29 heavy (non-hydrogen) atoms. The van der Waals surface area contributed by atoms with Gasteiger partial charge in [0, 0.05) is 30.0 Å². The fourth-order valence-corrected chi connectivity index (χ4v) is 4.60. The topological polar surface area (TPSA) is 62.3 Å². The van der Waals surface area contributed by atoms with Gasteiger partial charge < -0.3 is 10.2 Å². The molecule has 0 radical (unpaired) electrons. The predicted octanol–water partition coefficient (Wildman–Crippen LogP) is 3.76. The van der Waals surface area contributed by atoms with E-state index in [1.807, 2.05) is 13.0 Å². The van der Waals surface area contributed by atoms with Gasteiger partial charge in [0.25, 0.3) is 5.91 Å². The van der Waals surface area contributed by atoms with Gasteiger partial charge >= 0.3 is 0 Å². The Kier molecular flexibility index (Phi) is 5.06. The largest absolute Gasteiger partial charge is 0.348 e. The van der Waals surface area contributed by atoms with Crippen molar-refractivity contribution in [2.24, 2.45) is 5.41 Å². The van der Waals surface area contributed by atoms with Gasteiger partial charge in [0.15, 0.2) is 0 Å². The molecule has 1 aromatic carbocycles. The van der Waals surface area contributed by atoms with Crippen molar-refractivity contribution in [3.8, 4) is 0 Å². The van der Waals surface area contributed by atoms with Crippen LogP contribution in [0.4, 0.5) is 14.5 Å². The molecule has 2 aromatic rings. The lowest BCUT2D eigenvalue weighted by atomic mass is 9.71. The van der Waals surface area contributed by atoms with E-state index in [0.717, 1.165) is 31.0 Å². The number of hydrogen-bond acceptors (Lipinski definition) is 3. The number of pyridine rings is 1. The first-order valence-corrected chi connectivity index (χ1v) is 9.89. The van der Waals surface area contributed by atoms with Crippen molar-refractivity contribution in [2.45, 2.75) is 45.1 Å². The molecule has 2 atom stereocenters. The van der Waals surface area contributed by atoms with Gasteiger partial charge in [-0.25, -0.2) is 13.8 Å². The van der Waals surface area contributed by atoms with E-state index in [0.29, 0.717) is 25.1 Å². The predicted molar refractivity (Wildman–Crippen MR) is 104 cm³/mol. The van der Waals surface area contributed by atoms with Crippen LogP contribution in [0.25, 0.3) is 0 Å². The monoisotopic (exact) mass is 399 g/mol. The van der Waals surface area contributed by atoms with Gasteiger partial charge in [-0.15, -0.1) is 0 Å². The highest BCUT2D eigenvalue weighted by atomic mass is 19.1. The highest BCUT2D eigenvalue weighted by Crippen LogP contribution is 2.46. The maximum atomic E-state index is 13.6. The minimum absolute atomic E-state index is 0.116. The van der Waals surface area contributed by atoms with E-state index < -0.39 is 17.0 Å². The third kappa shape index (κ3) is 3.86. The Morgan fingerprint density at radius 2 is 1.97 bits per heavy atom. The fourth-order valence-electron chi connectivity index (χ4n) is 4.60. The second-order valence-corrected chi connectivity index (χ2v) is 8.05. The van der Waals surface area contributed by atoms with Gasteiger partial charge in [0.1, 0.15) is 17.3 Å². The maximum Gasteiger partial charge on any atom is 0.270 e. The van der Waals surface area contributed by atoms with E-state index in [1.165, 1.54) is 17.0 Å². The number of halogens is 2. The van der Waals surface area contributed by atoms with E-state index in [2.05, 4.69) is 10.3 Å². The van der Waals surface area contributed by atoms with Crippen molar-refractivity contribution in [1.82, 2.24) is 10.3 Å². The number of anilines is 1. The Balaban J connectivity index is 1.49. The lowest BCUT2D eigenvalue weighted by molar-refractivity contribution is -0.127. The zero-order valence-corrected chi connectivity index (χ0v) is 16.3. The summed E-state index contributed by atoms with van der Waals surface area (Å²) in [4.78, 5) is 31.5. The maximum absolute atomic E-state index is 13.6. The second-order valence-electron chi connectivity index (χ2n) is 8.05. The number of carbonyl (C=O) groups is 2. The van der Waals surface area contributed by atoms with Crippen molar-refractivity contribution >= 4 is 17.5 Å². The summed E-state index contributed by atoms with van der Waals surface area (Å²) in [5.74, 6) is -1.76. The van der Waals surface area contributed by atoms with Crippen LogP contribution in [0, 0.1) is 24.0 Å². The lowest BCUT2D eigenvalue weighted by Gasteiger charge is -2.36. The molecule has 2 amide bonds. The molecular formula is C22H23F2N3O2. The lowest BCUT2D eigenvalue weighted by Crippen LogP contribution is -2.46. The molecule has 2 heterocycles. The van der Waals surface area contributed by atoms with Crippen LogP contribution in [-0.4, -0.2) is 29.4 Å². The second kappa shape index (κ2) is 7.54. The van der Waals surface area contributed by atoms with Crippen LogP contribution in [0.5, 0.6) is 0 Å². The Hall–Kier alpha value is -2.83. The first-order valence-electron chi connectivity index (χ1n) is 9.89. The van der Waals surface area contributed by atoms with Crippen molar-refractivity contribution in [1.29, 1.82) is 0 Å². The van der Waals surface area contributed by atoms with Crippen molar-refractivity contribution in [3.63, 3.8) is 0 Å². The Morgan fingerprint density at radius 1 is 1.21 bits per heavy atom. The Labute approximate surface area is 168 Å². The van der Waals surface area contributed by atoms with Gasteiger partial charge in [-0.1, -0.05) is 12.5 Å². The highest BCUT2D eigenvalue weighted by molar-refractivity contribution is 6.00. The molecule has 1 aromatic heterocycles. The number of nitrogens with one attached hydrogen (secondary N) is 1. The average molecular weight is 399 g/mol. The molecule has 1 saturated carbocycles. The number of hydrogen-bond donors (Lipinski definition) is 1. The number of amides is 2. The molecule has 152 valence electrons. The molecule has 5 nitrogen and oxygen atoms in total. The third-order valence-corrected chi connectivity index (χ3v) is 5.97. The summed E-state index contributed by atoms with van der Waals surface area (Å²) in [6.07, 6.45) is 3.45. The van der Waals surface area contributed by atoms with Crippen LogP contribution in [0.2, 0.25) is 0 Å². The first-order chi connectivity index (χ1) is 13.9. The normalized spacial score (nSPS) is 24.2. The number of rotatable bonds is 3. The first kappa shape index (κ1) is 19.5. The summed E-state index contributed by atoms with van der Waals surface area (Å²) >= 11 is 0. The van der Waals surface area contributed by atoms with Gasteiger partial charge in [0.05, 0.1) is 5.41 Å². The summed E-state index contributed by atoms with van der Waals surface area (Å²) < 4.78 is 27.2. The molecule has 1 aliphatic carbocycles. The number of aryl methyl sites for hydroxylation is 1. The zero-order chi connectivity index (χ0) is 20.6. The van der Waals surface area contributed by atoms with Crippen LogP contribution in [0.3, 0.4) is 0 Å². The van der Waals surface area contributed by atoms with Gasteiger partial charge in [-0.2, -0.15) is 0 Å². The van der Waals surface area contributed by atoms with E-state index in [9.17, 15) is 18.4 Å². The Morgan fingerprint density at radius 3 is 2.69 bits per heavy atom. The molecule has 2 fully saturated rings. The van der Waals surface area contributed by atoms with Gasteiger partial charge in [-0.05, 0) is 56.9 Å². The van der Waals surface area contributed by atoms with Gasteiger partial charge in [-0.3, -0.25) is 9.59 Å². The van der Waals surface area contributed by atoms with E-state index in [-0.39, 0.29) is 23.5 Å². The van der Waals surface area contributed by atoms with Crippen LogP contribution in [-0.2, 0) is 4.79 Å². The highest BCUT2D eigenvalue weighted by Gasteiger charge is 2.49. The van der Waals surface area contributed by atoms with E-state index in [4.69, 9.17) is 0 Å². The average Bonchev–Trinajstić information content (AvgIpc) is 2.97. The third-order valence-electron chi connectivity index (χ3n) is 5.97. The molecule has 1 spiro atoms. The molecule has 0 unspecified atom stereocenters. The molecule has 0 bridgehead atoms. The van der Waals surface area contributed by atoms with E-state index in [1.54, 1.807) is 12.1 Å². The summed E-state index contributed by atoms with van der Waals surface area (Å²) in [6.45, 7) is 2.25. The van der Waals surface area contributed by atoms with Crippen LogP contribution in [0.1, 0.15) is 48.3 Å². The van der Waals surface area contributed by atoms with Crippen molar-refractivity contribution in [2.75, 3.05) is 11.4 Å². The number of carbonyl (C=O) groups excluding carboxylic acids is 2. The summed E-state index contributed by atoms with van der Waals surface area (Å²) in [7, 11) is 0. The molecule has 7 heteroatoms. The van der Waals surface area contributed by atoms with Gasteiger partial charge in [0.2, 0.25) is 5.91 Å². The number of benzene rings is 1. The van der Waals surface area contributed by atoms with Crippen molar-refractivity contribution < 1.29 is 18.4 Å². The van der Waals surface area contributed by atoms with Crippen LogP contribution in [0.15, 0.2) is 36.4 Å². The fraction of sp³-hybridized carbons (Fsp3) is 0.409. The summed E-state index contributed by atoms with van der Waals surface area (Å²) in [5.41, 5.74) is 0.777. The molecule has 1 N–H and O–H groups in total. The molecule has 2 aliphatic rings. The molecule has 1 aliphatic heterocycles. The SMILES string of the molecule is Cc1cccc(C(=O)N[C@H]2CCC[C@]3(CCN(c4cc(F)cc(F)c4)C3=O)C2)n1. The quantitative estimate of drug-likeness (QED) is 0.855. The minimum atomic E-state index is -0.701. The zero-order valence-electron chi connectivity index (χ0n) is 16.3. The van der Waals surface area contributed by atoms with Crippen LogP contribution >= 0.6 is 0 Å². The van der Waals surface area contributed by atoms with Crippen LogP contribution < -0.4 is 10.2 Å². The number of nitrogens with zero attached hydrogens (tertiary/aromatic N) is 2. The summed E-state index contributed by atoms with van der Waals surface area (Å²) in [6, 6.07) is 8.32. The Bertz CT molecular complexity index is 945. The standard InChI is InChI=1S/C22H23F2N3O2/c1-14-4-2-6-19(25-14)20(28)26-17-5-3-7-22(13-17)8-9-27(21(22)29)18-11-15(23)10-16(24)12-18/h2,4,6,10-12,17H,3,5,7-9,13H2,1H3,(H,26,28)/t17-,22-/m0/s1. The molecule has 1 saturated heterocycles. The number of aromatic nitrogens is 1.